The SMILES string of the molecule is C=Cc1cc(OC)c2c(c1)[C@H](O)Oc1c-2cc(OC)c2c(O)ccc([C@H]3O[C@@H]([C@@H](C)O)[C@H](O)[C@H]3O)c12. The van der Waals surface area contributed by atoms with Crippen LogP contribution in [0.4, 0.5) is 0 Å². The van der Waals surface area contributed by atoms with Crippen molar-refractivity contribution in [2.24, 2.45) is 0 Å². The normalized spacial score (nSPS) is 25.6. The highest BCUT2D eigenvalue weighted by atomic mass is 16.6. The molecule has 3 aromatic carbocycles. The molecule has 0 amide bonds. The number of aliphatic hydroxyl groups excluding tert-OH is 4. The van der Waals surface area contributed by atoms with E-state index in [4.69, 9.17) is 18.9 Å². The molecule has 3 aromatic rings. The lowest BCUT2D eigenvalue weighted by molar-refractivity contribution is -0.0587. The fourth-order valence-corrected chi connectivity index (χ4v) is 5.17. The molecule has 6 atom stereocenters. The first kappa shape index (κ1) is 24.4. The highest BCUT2D eigenvalue weighted by Crippen LogP contribution is 2.55. The monoisotopic (exact) mass is 496 g/mol. The highest BCUT2D eigenvalue weighted by molar-refractivity contribution is 6.06. The Kier molecular flexibility index (Phi) is 6.06. The number of phenols is 1. The van der Waals surface area contributed by atoms with Gasteiger partial charge in [-0.1, -0.05) is 18.7 Å². The van der Waals surface area contributed by atoms with Crippen LogP contribution in [0.1, 0.15) is 36.0 Å². The van der Waals surface area contributed by atoms with Crippen LogP contribution < -0.4 is 14.2 Å². The lowest BCUT2D eigenvalue weighted by Gasteiger charge is -2.30. The molecule has 0 unspecified atom stereocenters. The Morgan fingerprint density at radius 1 is 0.972 bits per heavy atom. The predicted octanol–water partition coefficient (Wildman–Crippen LogP) is 2.80. The van der Waals surface area contributed by atoms with Crippen molar-refractivity contribution in [2.45, 2.75) is 43.7 Å². The maximum absolute atomic E-state index is 11.0. The average molecular weight is 497 g/mol. The van der Waals surface area contributed by atoms with E-state index in [-0.39, 0.29) is 16.9 Å². The van der Waals surface area contributed by atoms with Crippen molar-refractivity contribution >= 4 is 16.8 Å². The molecule has 2 heterocycles. The Bertz CT molecular complexity index is 1350. The van der Waals surface area contributed by atoms with Gasteiger partial charge in [-0.2, -0.15) is 0 Å². The summed E-state index contributed by atoms with van der Waals surface area (Å²) in [5.41, 5.74) is 2.66. The fourth-order valence-electron chi connectivity index (χ4n) is 5.17. The number of aromatic hydroxyl groups is 1. The number of phenolic OH excluding ortho intramolecular Hbond substituents is 1. The lowest BCUT2D eigenvalue weighted by atomic mass is 9.87. The first-order valence-electron chi connectivity index (χ1n) is 11.5. The number of hydrogen-bond donors (Lipinski definition) is 5. The largest absolute Gasteiger partial charge is 0.507 e. The molecule has 1 fully saturated rings. The van der Waals surface area contributed by atoms with E-state index >= 15 is 0 Å². The third kappa shape index (κ3) is 3.51. The Labute approximate surface area is 207 Å². The van der Waals surface area contributed by atoms with Crippen molar-refractivity contribution in [1.82, 2.24) is 0 Å². The summed E-state index contributed by atoms with van der Waals surface area (Å²) < 4.78 is 23.2. The first-order valence-corrected chi connectivity index (χ1v) is 11.5. The molecule has 36 heavy (non-hydrogen) atoms. The van der Waals surface area contributed by atoms with Crippen LogP contribution in [0.2, 0.25) is 0 Å². The number of fused-ring (bicyclic) bond motifs is 5. The Balaban J connectivity index is 1.85. The Morgan fingerprint density at radius 2 is 1.69 bits per heavy atom. The molecule has 190 valence electrons. The molecule has 9 nitrogen and oxygen atoms in total. The van der Waals surface area contributed by atoms with Gasteiger partial charge in [-0.15, -0.1) is 0 Å². The van der Waals surface area contributed by atoms with Crippen molar-refractivity contribution in [2.75, 3.05) is 14.2 Å². The zero-order valence-electron chi connectivity index (χ0n) is 20.0. The van der Waals surface area contributed by atoms with E-state index in [1.807, 2.05) is 0 Å². The summed E-state index contributed by atoms with van der Waals surface area (Å²) >= 11 is 0. The van der Waals surface area contributed by atoms with Crippen LogP contribution in [0.3, 0.4) is 0 Å². The molecule has 0 radical (unpaired) electrons. The van der Waals surface area contributed by atoms with Gasteiger partial charge in [-0.05, 0) is 42.3 Å². The van der Waals surface area contributed by atoms with Gasteiger partial charge in [-0.3, -0.25) is 0 Å². The van der Waals surface area contributed by atoms with Gasteiger partial charge < -0.3 is 44.5 Å². The van der Waals surface area contributed by atoms with E-state index < -0.39 is 36.8 Å². The number of benzene rings is 3. The lowest BCUT2D eigenvalue weighted by Crippen LogP contribution is -2.36. The van der Waals surface area contributed by atoms with E-state index in [9.17, 15) is 25.5 Å². The van der Waals surface area contributed by atoms with Gasteiger partial charge in [0.15, 0.2) is 0 Å². The van der Waals surface area contributed by atoms with Crippen LogP contribution in [0, 0.1) is 0 Å². The van der Waals surface area contributed by atoms with Crippen LogP contribution in [0.15, 0.2) is 36.9 Å². The minimum absolute atomic E-state index is 0.119. The number of methoxy groups -OCH3 is 2. The van der Waals surface area contributed by atoms with Crippen LogP contribution in [-0.4, -0.2) is 64.2 Å². The van der Waals surface area contributed by atoms with Gasteiger partial charge in [0.1, 0.15) is 47.4 Å². The van der Waals surface area contributed by atoms with Crippen molar-refractivity contribution in [1.29, 1.82) is 0 Å². The minimum atomic E-state index is -1.38. The second kappa shape index (κ2) is 8.95. The summed E-state index contributed by atoms with van der Waals surface area (Å²) in [5, 5.41) is 53.8. The third-order valence-electron chi connectivity index (χ3n) is 6.89. The zero-order valence-corrected chi connectivity index (χ0v) is 20.0. The zero-order chi connectivity index (χ0) is 25.9. The first-order chi connectivity index (χ1) is 17.2. The minimum Gasteiger partial charge on any atom is -0.507 e. The van der Waals surface area contributed by atoms with Gasteiger partial charge in [0.2, 0.25) is 6.29 Å². The molecule has 2 aliphatic heterocycles. The summed E-state index contributed by atoms with van der Waals surface area (Å²) in [7, 11) is 2.97. The Morgan fingerprint density at radius 3 is 2.31 bits per heavy atom. The van der Waals surface area contributed by atoms with E-state index in [1.165, 1.54) is 27.2 Å². The molecule has 2 aliphatic rings. The van der Waals surface area contributed by atoms with Gasteiger partial charge in [-0.25, -0.2) is 0 Å². The summed E-state index contributed by atoms with van der Waals surface area (Å²) in [5.74, 6) is 0.873. The maximum Gasteiger partial charge on any atom is 0.225 e. The molecule has 0 spiro atoms. The molecule has 9 heteroatoms. The molecule has 0 aromatic heterocycles. The summed E-state index contributed by atoms with van der Waals surface area (Å²) in [6.07, 6.45) is -5.59. The molecule has 0 saturated carbocycles. The van der Waals surface area contributed by atoms with Crippen molar-refractivity contribution in [3.63, 3.8) is 0 Å². The van der Waals surface area contributed by atoms with Gasteiger partial charge in [0, 0.05) is 22.1 Å². The Hall–Kier alpha value is -3.34. The molecular weight excluding hydrogens is 468 g/mol. The van der Waals surface area contributed by atoms with E-state index in [0.717, 1.165) is 5.56 Å². The predicted molar refractivity (Wildman–Crippen MR) is 131 cm³/mol. The average Bonchev–Trinajstić information content (AvgIpc) is 3.17. The topological polar surface area (TPSA) is 138 Å². The standard InChI is InChI=1S/C27H28O9/c1-5-12-8-15-19(17(9-12)33-3)14-10-18(34-4)21-16(29)7-6-13(20(21)25(14)36-27(15)32)26-23(31)22(30)24(35-26)11(2)28/h5-11,22-24,26-32H,1H2,2-4H3/t11-,22-,23-,24+,26-,27-/m1/s1. The number of aliphatic hydroxyl groups is 4. The molecule has 0 bridgehead atoms. The number of hydrogen-bond acceptors (Lipinski definition) is 9. The van der Waals surface area contributed by atoms with E-state index in [0.29, 0.717) is 39.1 Å². The third-order valence-corrected chi connectivity index (χ3v) is 6.89. The quantitative estimate of drug-likeness (QED) is 0.361. The van der Waals surface area contributed by atoms with Crippen molar-refractivity contribution in [3.8, 4) is 34.1 Å². The van der Waals surface area contributed by atoms with Crippen LogP contribution >= 0.6 is 0 Å². The smallest absolute Gasteiger partial charge is 0.225 e. The van der Waals surface area contributed by atoms with E-state index in [2.05, 4.69) is 6.58 Å². The second-order valence-corrected chi connectivity index (χ2v) is 8.98. The molecule has 5 N–H and O–H groups in total. The second-order valence-electron chi connectivity index (χ2n) is 8.98. The molecule has 5 rings (SSSR count). The fraction of sp³-hybridized carbons (Fsp3) is 0.333. The van der Waals surface area contributed by atoms with E-state index in [1.54, 1.807) is 30.3 Å². The maximum atomic E-state index is 11.0. The summed E-state index contributed by atoms with van der Waals surface area (Å²) in [4.78, 5) is 0. The number of ether oxygens (including phenoxy) is 4. The van der Waals surface area contributed by atoms with Gasteiger partial charge in [0.05, 0.1) is 25.7 Å². The molecule has 1 saturated heterocycles. The highest BCUT2D eigenvalue weighted by Gasteiger charge is 2.46. The summed E-state index contributed by atoms with van der Waals surface area (Å²) in [6, 6.07) is 8.18. The van der Waals surface area contributed by atoms with Crippen molar-refractivity contribution in [3.05, 3.63) is 53.6 Å². The van der Waals surface area contributed by atoms with Crippen LogP contribution in [-0.2, 0) is 4.74 Å². The van der Waals surface area contributed by atoms with Gasteiger partial charge in [0.25, 0.3) is 0 Å². The van der Waals surface area contributed by atoms with Crippen LogP contribution in [0.5, 0.6) is 23.0 Å². The van der Waals surface area contributed by atoms with Gasteiger partial charge >= 0.3 is 0 Å². The molecule has 0 aliphatic carbocycles. The van der Waals surface area contributed by atoms with Crippen LogP contribution in [0.25, 0.3) is 28.0 Å². The summed E-state index contributed by atoms with van der Waals surface area (Å²) in [6.45, 7) is 5.25. The molecular formula is C27H28O9. The number of rotatable bonds is 5. The van der Waals surface area contributed by atoms with Crippen molar-refractivity contribution < 1.29 is 44.5 Å².